The Kier molecular flexibility index (Phi) is 6.21. The van der Waals surface area contributed by atoms with Crippen LogP contribution in [0.3, 0.4) is 0 Å². The van der Waals surface area contributed by atoms with Gasteiger partial charge in [-0.25, -0.2) is 0 Å². The highest BCUT2D eigenvalue weighted by molar-refractivity contribution is 7.80. The van der Waals surface area contributed by atoms with E-state index in [2.05, 4.69) is 22.8 Å². The first kappa shape index (κ1) is 15.2. The van der Waals surface area contributed by atoms with Crippen LogP contribution in [0, 0.1) is 0 Å². The topological polar surface area (TPSA) is 41.6 Å². The van der Waals surface area contributed by atoms with Gasteiger partial charge in [0.05, 0.1) is 0 Å². The Morgan fingerprint density at radius 1 is 1.30 bits per heavy atom. The third-order valence-electron chi connectivity index (χ3n) is 3.41. The van der Waals surface area contributed by atoms with E-state index in [-0.39, 0.29) is 5.91 Å². The molecule has 0 bridgehead atoms. The van der Waals surface area contributed by atoms with E-state index in [0.717, 1.165) is 19.6 Å². The van der Waals surface area contributed by atoms with E-state index < -0.39 is 6.10 Å². The minimum Gasteiger partial charge on any atom is -0.480 e. The lowest BCUT2D eigenvalue weighted by atomic mass is 10.3. The average Bonchev–Trinajstić information content (AvgIpc) is 2.99. The van der Waals surface area contributed by atoms with Crippen LogP contribution >= 0.6 is 12.6 Å². The van der Waals surface area contributed by atoms with E-state index >= 15 is 0 Å². The minimum atomic E-state index is -0.542. The van der Waals surface area contributed by atoms with Gasteiger partial charge in [-0.3, -0.25) is 4.79 Å². The Hall–Kier alpha value is -1.20. The first-order valence-corrected chi connectivity index (χ1v) is 7.75. The molecule has 20 heavy (non-hydrogen) atoms. The average molecular weight is 294 g/mol. The van der Waals surface area contributed by atoms with Gasteiger partial charge in [0.25, 0.3) is 5.91 Å². The molecule has 1 amide bonds. The minimum absolute atomic E-state index is 0.0944. The molecule has 1 fully saturated rings. The van der Waals surface area contributed by atoms with Crippen LogP contribution in [-0.2, 0) is 4.79 Å². The highest BCUT2D eigenvalue weighted by Crippen LogP contribution is 2.11. The number of carbonyl (C=O) groups is 1. The second kappa shape index (κ2) is 8.17. The highest BCUT2D eigenvalue weighted by atomic mass is 32.1. The van der Waals surface area contributed by atoms with Gasteiger partial charge in [-0.15, -0.1) is 0 Å². The molecular formula is C15H22N2O2S. The second-order valence-electron chi connectivity index (χ2n) is 4.94. The number of ether oxygens (including phenoxy) is 1. The summed E-state index contributed by atoms with van der Waals surface area (Å²) in [5.41, 5.74) is 0. The molecule has 110 valence electrons. The maximum atomic E-state index is 12.0. The molecule has 1 atom stereocenters. The molecule has 4 nitrogen and oxygen atoms in total. The SMILES string of the molecule is O=C(NCCN1CCCC1)C(CS)Oc1ccccc1. The molecule has 0 saturated carbocycles. The van der Waals surface area contributed by atoms with Gasteiger partial charge >= 0.3 is 0 Å². The van der Waals surface area contributed by atoms with Crippen molar-refractivity contribution in [3.63, 3.8) is 0 Å². The van der Waals surface area contributed by atoms with Gasteiger partial charge in [0.2, 0.25) is 0 Å². The first-order chi connectivity index (χ1) is 9.79. The fourth-order valence-electron chi connectivity index (χ4n) is 2.29. The van der Waals surface area contributed by atoms with Crippen molar-refractivity contribution in [2.24, 2.45) is 0 Å². The van der Waals surface area contributed by atoms with Crippen LogP contribution in [0.25, 0.3) is 0 Å². The predicted octanol–water partition coefficient (Wildman–Crippen LogP) is 1.58. The smallest absolute Gasteiger partial charge is 0.261 e. The third-order valence-corrected chi connectivity index (χ3v) is 3.74. The van der Waals surface area contributed by atoms with E-state index in [1.807, 2.05) is 30.3 Å². The van der Waals surface area contributed by atoms with Crippen LogP contribution in [0.15, 0.2) is 30.3 Å². The van der Waals surface area contributed by atoms with Crippen molar-refractivity contribution in [3.8, 4) is 5.75 Å². The molecule has 1 unspecified atom stereocenters. The van der Waals surface area contributed by atoms with Crippen molar-refractivity contribution in [2.45, 2.75) is 18.9 Å². The van der Waals surface area contributed by atoms with Gasteiger partial charge in [0, 0.05) is 18.8 Å². The van der Waals surface area contributed by atoms with E-state index in [4.69, 9.17) is 4.74 Å². The lowest BCUT2D eigenvalue weighted by Crippen LogP contribution is -2.42. The van der Waals surface area contributed by atoms with Crippen molar-refractivity contribution in [1.82, 2.24) is 10.2 Å². The van der Waals surface area contributed by atoms with Gasteiger partial charge < -0.3 is 15.0 Å². The van der Waals surface area contributed by atoms with Gasteiger partial charge in [0.15, 0.2) is 6.10 Å². The summed E-state index contributed by atoms with van der Waals surface area (Å²) in [5.74, 6) is 0.967. The number of carbonyl (C=O) groups excluding carboxylic acids is 1. The summed E-state index contributed by atoms with van der Waals surface area (Å²) in [6.45, 7) is 3.87. The molecule has 1 aliphatic heterocycles. The Labute approximate surface area is 125 Å². The maximum Gasteiger partial charge on any atom is 0.261 e. The molecule has 1 heterocycles. The molecule has 0 aromatic heterocycles. The number of nitrogens with zero attached hydrogens (tertiary/aromatic N) is 1. The quantitative estimate of drug-likeness (QED) is 0.750. The third kappa shape index (κ3) is 4.72. The fraction of sp³-hybridized carbons (Fsp3) is 0.533. The molecule has 1 N–H and O–H groups in total. The lowest BCUT2D eigenvalue weighted by Gasteiger charge is -2.19. The molecule has 0 aliphatic carbocycles. The summed E-state index contributed by atoms with van der Waals surface area (Å²) in [6, 6.07) is 9.37. The summed E-state index contributed by atoms with van der Waals surface area (Å²) < 4.78 is 5.65. The molecule has 1 aliphatic rings. The molecule has 1 saturated heterocycles. The van der Waals surface area contributed by atoms with Crippen LogP contribution in [0.2, 0.25) is 0 Å². The van der Waals surface area contributed by atoms with Crippen molar-refractivity contribution >= 4 is 18.5 Å². The predicted molar refractivity (Wildman–Crippen MR) is 83.4 cm³/mol. The van der Waals surface area contributed by atoms with E-state index in [9.17, 15) is 4.79 Å². The van der Waals surface area contributed by atoms with Gasteiger partial charge in [0.1, 0.15) is 5.75 Å². The van der Waals surface area contributed by atoms with Crippen LogP contribution in [0.4, 0.5) is 0 Å². The molecule has 2 rings (SSSR count). The number of hydrogen-bond acceptors (Lipinski definition) is 4. The highest BCUT2D eigenvalue weighted by Gasteiger charge is 2.19. The van der Waals surface area contributed by atoms with Crippen LogP contribution in [-0.4, -0.2) is 48.8 Å². The number of hydrogen-bond donors (Lipinski definition) is 2. The molecule has 1 aromatic carbocycles. The second-order valence-corrected chi connectivity index (χ2v) is 5.31. The Morgan fingerprint density at radius 3 is 2.65 bits per heavy atom. The first-order valence-electron chi connectivity index (χ1n) is 7.12. The number of amides is 1. The molecule has 5 heteroatoms. The maximum absolute atomic E-state index is 12.0. The van der Waals surface area contributed by atoms with Gasteiger partial charge in [-0.2, -0.15) is 12.6 Å². The Bertz CT molecular complexity index is 408. The molecule has 0 spiro atoms. The number of para-hydroxylation sites is 1. The number of thiol groups is 1. The molecule has 1 aromatic rings. The summed E-state index contributed by atoms with van der Waals surface area (Å²) in [7, 11) is 0. The number of nitrogens with one attached hydrogen (secondary N) is 1. The number of rotatable bonds is 7. The van der Waals surface area contributed by atoms with E-state index in [1.54, 1.807) is 0 Å². The Morgan fingerprint density at radius 2 is 2.00 bits per heavy atom. The number of likely N-dealkylation sites (tertiary alicyclic amines) is 1. The summed E-state index contributed by atoms with van der Waals surface area (Å²) >= 11 is 4.20. The zero-order chi connectivity index (χ0) is 14.2. The van der Waals surface area contributed by atoms with Gasteiger partial charge in [-0.05, 0) is 38.1 Å². The van der Waals surface area contributed by atoms with Crippen LogP contribution < -0.4 is 10.1 Å². The van der Waals surface area contributed by atoms with Crippen molar-refractivity contribution in [3.05, 3.63) is 30.3 Å². The van der Waals surface area contributed by atoms with E-state index in [0.29, 0.717) is 18.0 Å². The van der Waals surface area contributed by atoms with Crippen LogP contribution in [0.5, 0.6) is 5.75 Å². The van der Waals surface area contributed by atoms with Crippen molar-refractivity contribution in [1.29, 1.82) is 0 Å². The zero-order valence-electron chi connectivity index (χ0n) is 11.6. The van der Waals surface area contributed by atoms with E-state index in [1.165, 1.54) is 12.8 Å². The van der Waals surface area contributed by atoms with Crippen molar-refractivity contribution < 1.29 is 9.53 Å². The normalized spacial score (nSPS) is 16.9. The fourth-order valence-corrected chi connectivity index (χ4v) is 2.53. The lowest BCUT2D eigenvalue weighted by molar-refractivity contribution is -0.127. The van der Waals surface area contributed by atoms with Gasteiger partial charge in [-0.1, -0.05) is 18.2 Å². The molecule has 0 radical (unpaired) electrons. The summed E-state index contributed by atoms with van der Waals surface area (Å²) in [6.07, 6.45) is 1.99. The Balaban J connectivity index is 1.73. The summed E-state index contributed by atoms with van der Waals surface area (Å²) in [4.78, 5) is 14.4. The zero-order valence-corrected chi connectivity index (χ0v) is 12.5. The van der Waals surface area contributed by atoms with Crippen LogP contribution in [0.1, 0.15) is 12.8 Å². The van der Waals surface area contributed by atoms with Crippen molar-refractivity contribution in [2.75, 3.05) is 31.9 Å². The largest absolute Gasteiger partial charge is 0.480 e. The standard InChI is InChI=1S/C15H22N2O2S/c18-15(16-8-11-17-9-4-5-10-17)14(12-20)19-13-6-2-1-3-7-13/h1-3,6-7,14,20H,4-5,8-12H2,(H,16,18). The summed E-state index contributed by atoms with van der Waals surface area (Å²) in [5, 5.41) is 2.93. The number of benzene rings is 1. The monoisotopic (exact) mass is 294 g/mol. The molecular weight excluding hydrogens is 272 g/mol.